The maximum absolute atomic E-state index is 11.5. The van der Waals surface area contributed by atoms with Crippen molar-refractivity contribution in [1.82, 2.24) is 19.5 Å². The maximum atomic E-state index is 11.5. The Morgan fingerprint density at radius 3 is 2.67 bits per heavy atom. The number of aromatic nitrogens is 4. The summed E-state index contributed by atoms with van der Waals surface area (Å²) in [5.74, 6) is -0.0836. The molecule has 3 rings (SSSR count). The Morgan fingerprint density at radius 1 is 1.25 bits per heavy atom. The van der Waals surface area contributed by atoms with Gasteiger partial charge in [-0.1, -0.05) is 12.1 Å². The highest BCUT2D eigenvalue weighted by Gasteiger charge is 2.12. The molecule has 0 aliphatic carbocycles. The summed E-state index contributed by atoms with van der Waals surface area (Å²) in [4.78, 5) is 24.2. The summed E-state index contributed by atoms with van der Waals surface area (Å²) in [5, 5.41) is 0. The fourth-order valence-electron chi connectivity index (χ4n) is 2.32. The van der Waals surface area contributed by atoms with Gasteiger partial charge in [0.05, 0.1) is 32.2 Å². The minimum absolute atomic E-state index is 0.227. The number of nitrogens with zero attached hydrogens (tertiary/aromatic N) is 4. The number of nitrogen functional groups attached to an aromatic ring is 1. The number of carbonyl (C=O) groups is 1. The number of anilines is 1. The number of fused-ring (bicyclic) bond motifs is 1. The zero-order valence-electron chi connectivity index (χ0n) is 13.4. The standard InChI is InChI=1S/C16H17N5O3/c1-3-24-16-19-13(17)12-14(20-16)21(9-18-12)8-10-4-6-11(7-5-10)15(22)23-2/h4-7,9H,3,8H2,1-2H3,(H2,17,19,20). The van der Waals surface area contributed by atoms with Crippen LogP contribution in [0.5, 0.6) is 6.01 Å². The molecule has 8 heteroatoms. The number of benzene rings is 1. The van der Waals surface area contributed by atoms with Crippen LogP contribution in [0.2, 0.25) is 0 Å². The van der Waals surface area contributed by atoms with Gasteiger partial charge in [0, 0.05) is 0 Å². The van der Waals surface area contributed by atoms with Gasteiger partial charge >= 0.3 is 12.0 Å². The van der Waals surface area contributed by atoms with E-state index in [1.165, 1.54) is 7.11 Å². The molecule has 3 aromatic rings. The van der Waals surface area contributed by atoms with Gasteiger partial charge in [-0.15, -0.1) is 0 Å². The summed E-state index contributed by atoms with van der Waals surface area (Å²) in [7, 11) is 1.36. The number of nitrogens with two attached hydrogens (primary N) is 1. The van der Waals surface area contributed by atoms with Crippen LogP contribution in [-0.4, -0.2) is 39.2 Å². The van der Waals surface area contributed by atoms with Gasteiger partial charge in [0.1, 0.15) is 0 Å². The fraction of sp³-hybridized carbons (Fsp3) is 0.250. The van der Waals surface area contributed by atoms with E-state index in [-0.39, 0.29) is 17.8 Å². The molecule has 0 spiro atoms. The lowest BCUT2D eigenvalue weighted by molar-refractivity contribution is 0.0600. The molecular weight excluding hydrogens is 310 g/mol. The van der Waals surface area contributed by atoms with Crippen LogP contribution in [0, 0.1) is 0 Å². The monoisotopic (exact) mass is 327 g/mol. The molecule has 0 fully saturated rings. The van der Waals surface area contributed by atoms with E-state index in [9.17, 15) is 4.79 Å². The van der Waals surface area contributed by atoms with Gasteiger partial charge in [0.25, 0.3) is 0 Å². The van der Waals surface area contributed by atoms with Crippen molar-refractivity contribution in [2.45, 2.75) is 13.5 Å². The van der Waals surface area contributed by atoms with Crippen LogP contribution in [0.25, 0.3) is 11.2 Å². The van der Waals surface area contributed by atoms with E-state index in [0.717, 1.165) is 5.56 Å². The minimum atomic E-state index is -0.364. The summed E-state index contributed by atoms with van der Waals surface area (Å²) >= 11 is 0. The fourth-order valence-corrected chi connectivity index (χ4v) is 2.32. The predicted octanol–water partition coefficient (Wildman–Crippen LogP) is 1.64. The van der Waals surface area contributed by atoms with Crippen molar-refractivity contribution < 1.29 is 14.3 Å². The number of imidazole rings is 1. The Balaban J connectivity index is 1.91. The number of methoxy groups -OCH3 is 1. The highest BCUT2D eigenvalue weighted by molar-refractivity contribution is 5.89. The molecule has 0 aliphatic heterocycles. The lowest BCUT2D eigenvalue weighted by Crippen LogP contribution is -2.05. The average Bonchev–Trinajstić information content (AvgIpc) is 2.98. The third-order valence-corrected chi connectivity index (χ3v) is 3.47. The lowest BCUT2D eigenvalue weighted by atomic mass is 10.1. The number of ether oxygens (including phenoxy) is 2. The van der Waals surface area contributed by atoms with Gasteiger partial charge in [-0.3, -0.25) is 0 Å². The SMILES string of the molecule is CCOc1nc(N)c2ncn(Cc3ccc(C(=O)OC)cc3)c2n1. The average molecular weight is 327 g/mol. The van der Waals surface area contributed by atoms with Gasteiger partial charge in [-0.25, -0.2) is 9.78 Å². The van der Waals surface area contributed by atoms with Crippen LogP contribution in [-0.2, 0) is 11.3 Å². The van der Waals surface area contributed by atoms with E-state index in [4.69, 9.17) is 15.2 Å². The zero-order chi connectivity index (χ0) is 17.1. The molecular formula is C16H17N5O3. The number of rotatable bonds is 5. The van der Waals surface area contributed by atoms with Crippen LogP contribution in [0.15, 0.2) is 30.6 Å². The van der Waals surface area contributed by atoms with Crippen LogP contribution < -0.4 is 10.5 Å². The third kappa shape index (κ3) is 2.98. The van der Waals surface area contributed by atoms with E-state index < -0.39 is 0 Å². The smallest absolute Gasteiger partial charge is 0.337 e. The van der Waals surface area contributed by atoms with Gasteiger partial charge in [-0.05, 0) is 24.6 Å². The summed E-state index contributed by atoms with van der Waals surface area (Å²) in [6, 6.07) is 7.37. The molecule has 24 heavy (non-hydrogen) atoms. The Hall–Kier alpha value is -3.16. The highest BCUT2D eigenvalue weighted by atomic mass is 16.5. The Labute approximate surface area is 138 Å². The summed E-state index contributed by atoms with van der Waals surface area (Å²) in [6.45, 7) is 2.83. The highest BCUT2D eigenvalue weighted by Crippen LogP contribution is 2.20. The molecule has 124 valence electrons. The second-order valence-corrected chi connectivity index (χ2v) is 5.06. The first-order valence-electron chi connectivity index (χ1n) is 7.40. The van der Waals surface area contributed by atoms with Crippen molar-refractivity contribution in [2.75, 3.05) is 19.5 Å². The number of hydrogen-bond donors (Lipinski definition) is 1. The Kier molecular flexibility index (Phi) is 4.28. The number of esters is 1. The quantitative estimate of drug-likeness (QED) is 0.710. The van der Waals surface area contributed by atoms with Crippen LogP contribution in [0.1, 0.15) is 22.8 Å². The topological polar surface area (TPSA) is 105 Å². The Bertz CT molecular complexity index is 873. The van der Waals surface area contributed by atoms with Gasteiger partial charge in [0.15, 0.2) is 17.0 Å². The van der Waals surface area contributed by atoms with Crippen molar-refractivity contribution in [3.63, 3.8) is 0 Å². The molecule has 1 aromatic carbocycles. The second kappa shape index (κ2) is 6.53. The normalized spacial score (nSPS) is 10.8. The van der Waals surface area contributed by atoms with Crippen molar-refractivity contribution in [2.24, 2.45) is 0 Å². The largest absolute Gasteiger partial charge is 0.465 e. The first-order chi connectivity index (χ1) is 11.6. The van der Waals surface area contributed by atoms with E-state index in [2.05, 4.69) is 15.0 Å². The molecule has 2 N–H and O–H groups in total. The van der Waals surface area contributed by atoms with Crippen molar-refractivity contribution >= 4 is 23.0 Å². The predicted molar refractivity (Wildman–Crippen MR) is 87.8 cm³/mol. The molecule has 2 heterocycles. The molecule has 8 nitrogen and oxygen atoms in total. The zero-order valence-corrected chi connectivity index (χ0v) is 13.4. The van der Waals surface area contributed by atoms with Crippen LogP contribution in [0.3, 0.4) is 0 Å². The van der Waals surface area contributed by atoms with Crippen molar-refractivity contribution in [1.29, 1.82) is 0 Å². The molecule has 0 radical (unpaired) electrons. The van der Waals surface area contributed by atoms with E-state index in [0.29, 0.717) is 29.9 Å². The van der Waals surface area contributed by atoms with E-state index in [1.54, 1.807) is 18.5 Å². The summed E-state index contributed by atoms with van der Waals surface area (Å²) < 4.78 is 11.9. The molecule has 0 aliphatic rings. The molecule has 0 saturated heterocycles. The molecule has 0 unspecified atom stereocenters. The van der Waals surface area contributed by atoms with Crippen LogP contribution >= 0.6 is 0 Å². The van der Waals surface area contributed by atoms with E-state index in [1.807, 2.05) is 23.6 Å². The number of carbonyl (C=O) groups excluding carboxylic acids is 1. The maximum Gasteiger partial charge on any atom is 0.337 e. The molecule has 0 atom stereocenters. The van der Waals surface area contributed by atoms with E-state index >= 15 is 0 Å². The first kappa shape index (κ1) is 15.7. The molecule has 0 saturated carbocycles. The minimum Gasteiger partial charge on any atom is -0.465 e. The van der Waals surface area contributed by atoms with Gasteiger partial charge in [-0.2, -0.15) is 9.97 Å². The van der Waals surface area contributed by atoms with Crippen molar-refractivity contribution in [3.8, 4) is 6.01 Å². The van der Waals surface area contributed by atoms with Crippen molar-refractivity contribution in [3.05, 3.63) is 41.7 Å². The lowest BCUT2D eigenvalue weighted by Gasteiger charge is -2.07. The second-order valence-electron chi connectivity index (χ2n) is 5.06. The third-order valence-electron chi connectivity index (χ3n) is 3.47. The summed E-state index contributed by atoms with van der Waals surface area (Å²) in [6.07, 6.45) is 1.65. The number of hydrogen-bond acceptors (Lipinski definition) is 7. The van der Waals surface area contributed by atoms with Gasteiger partial charge in [0.2, 0.25) is 0 Å². The Morgan fingerprint density at radius 2 is 2.00 bits per heavy atom. The first-order valence-corrected chi connectivity index (χ1v) is 7.40. The summed E-state index contributed by atoms with van der Waals surface area (Å²) in [5.41, 5.74) is 8.52. The molecule has 0 amide bonds. The van der Waals surface area contributed by atoms with Crippen LogP contribution in [0.4, 0.5) is 5.82 Å². The van der Waals surface area contributed by atoms with Gasteiger partial charge < -0.3 is 19.8 Å². The molecule has 0 bridgehead atoms. The molecule has 2 aromatic heterocycles.